The zero-order valence-corrected chi connectivity index (χ0v) is 55.2. The molecule has 0 N–H and O–H groups in total. The molecule has 1 aliphatic carbocycles. The second-order valence-corrected chi connectivity index (χ2v) is 28.1. The van der Waals surface area contributed by atoms with Crippen LogP contribution >= 0.6 is 23.5 Å². The first-order chi connectivity index (χ1) is 48.6. The molecule has 4 nitrogen and oxygen atoms in total. The van der Waals surface area contributed by atoms with E-state index in [0.717, 1.165) is 45.5 Å². The highest BCUT2D eigenvalue weighted by atomic mass is 32.2. The van der Waals surface area contributed by atoms with Crippen LogP contribution in [0.3, 0.4) is 0 Å². The minimum absolute atomic E-state index is 0.00329. The molecule has 5 aliphatic rings. The predicted octanol–water partition coefficient (Wildman–Crippen LogP) is 21.8. The van der Waals surface area contributed by atoms with Gasteiger partial charge >= 0.3 is 0 Å². The molecule has 0 spiro atoms. The Balaban J connectivity index is 0.874. The maximum absolute atomic E-state index is 2.78. The molecule has 19 rings (SSSR count). The number of fused-ring (bicyclic) bond motifs is 8. The number of hydrogen-bond donors (Lipinski definition) is 0. The Morgan fingerprint density at radius 1 is 0.306 bits per heavy atom. The first-order valence-electron chi connectivity index (χ1n) is 33.9. The van der Waals surface area contributed by atoms with E-state index in [0.29, 0.717) is 0 Å². The molecule has 4 heterocycles. The molecule has 8 heteroatoms. The van der Waals surface area contributed by atoms with Gasteiger partial charge in [0.2, 0.25) is 13.4 Å². The Hall–Kier alpha value is -11.4. The first-order valence-corrected chi connectivity index (χ1v) is 35.6. The lowest BCUT2D eigenvalue weighted by Crippen LogP contribution is -2.59. The summed E-state index contributed by atoms with van der Waals surface area (Å²) in [6.07, 6.45) is 5.50. The van der Waals surface area contributed by atoms with E-state index in [-0.39, 0.29) is 24.5 Å². The topological polar surface area (TPSA) is 13.0 Å². The number of anilines is 11. The van der Waals surface area contributed by atoms with Crippen LogP contribution in [0.1, 0.15) is 0 Å². The summed E-state index contributed by atoms with van der Waals surface area (Å²) in [7, 11) is 0. The van der Waals surface area contributed by atoms with Crippen molar-refractivity contribution in [3.8, 4) is 44.5 Å². The molecule has 4 aliphatic heterocycles. The fourth-order valence-electron chi connectivity index (χ4n) is 16.0. The van der Waals surface area contributed by atoms with Crippen LogP contribution < -0.4 is 41.5 Å². The number of thioether (sulfide) groups is 1. The fraction of sp³-hybridized carbons (Fsp3) is 0.0222. The maximum atomic E-state index is 2.78. The highest BCUT2D eigenvalue weighted by molar-refractivity contribution is 8.00. The van der Waals surface area contributed by atoms with Crippen LogP contribution in [-0.4, -0.2) is 18.7 Å². The molecule has 14 aromatic rings. The van der Waals surface area contributed by atoms with Gasteiger partial charge < -0.3 is 19.6 Å². The van der Waals surface area contributed by atoms with Crippen LogP contribution in [0.5, 0.6) is 0 Å². The van der Waals surface area contributed by atoms with Crippen molar-refractivity contribution >= 4 is 121 Å². The zero-order valence-electron chi connectivity index (χ0n) is 53.6. The van der Waals surface area contributed by atoms with Crippen molar-refractivity contribution in [1.29, 1.82) is 0 Å². The van der Waals surface area contributed by atoms with Crippen LogP contribution in [0.15, 0.2) is 390 Å². The maximum Gasteiger partial charge on any atom is 0.249 e. The van der Waals surface area contributed by atoms with Crippen molar-refractivity contribution < 1.29 is 0 Å². The van der Waals surface area contributed by atoms with Gasteiger partial charge in [0.05, 0.1) is 5.69 Å². The predicted molar refractivity (Wildman–Crippen MR) is 417 cm³/mol. The van der Waals surface area contributed by atoms with Crippen molar-refractivity contribution in [2.75, 3.05) is 19.6 Å². The number of benzene rings is 14. The molecule has 0 saturated heterocycles. The third-order valence-corrected chi connectivity index (χ3v) is 22.7. The lowest BCUT2D eigenvalue weighted by Gasteiger charge is -2.49. The molecular formula is C90H62B2N4S2. The Morgan fingerprint density at radius 2 is 0.745 bits per heavy atom. The molecule has 0 amide bonds. The van der Waals surface area contributed by atoms with Crippen LogP contribution in [0.2, 0.25) is 5.82 Å². The van der Waals surface area contributed by atoms with Gasteiger partial charge in [-0.1, -0.05) is 278 Å². The molecule has 0 radical (unpaired) electrons. The summed E-state index contributed by atoms with van der Waals surface area (Å²) >= 11 is 3.95. The zero-order chi connectivity index (χ0) is 64.6. The van der Waals surface area contributed by atoms with Crippen LogP contribution in [0.4, 0.5) is 62.6 Å². The van der Waals surface area contributed by atoms with E-state index in [2.05, 4.69) is 384 Å². The van der Waals surface area contributed by atoms with Crippen molar-refractivity contribution in [1.82, 2.24) is 0 Å². The summed E-state index contributed by atoms with van der Waals surface area (Å²) in [5.41, 5.74) is 29.8. The summed E-state index contributed by atoms with van der Waals surface area (Å²) in [6.45, 7) is -0.0545. The normalized spacial score (nSPS) is 15.1. The van der Waals surface area contributed by atoms with Gasteiger partial charge in [-0.25, -0.2) is 0 Å². The minimum Gasteiger partial charge on any atom is -0.311 e. The SMILES string of the molecule is C1=C2B3c4ccccc4Sc4cc(N(c5ccccc5)c5ccccc5)cc(c43)N(c3c(-c4ccccc4)cccc3-c3ccccc3)C2=CC2Sc3cc(N(c4ccc(-c5ccccc5)cc4)c4ccc(-c5ccccc5)cc4)cc4c3B(c3ccccc3N4c3ccccc3)C12. The smallest absolute Gasteiger partial charge is 0.249 e. The second-order valence-electron chi connectivity index (χ2n) is 25.8. The summed E-state index contributed by atoms with van der Waals surface area (Å²) in [5, 5.41) is 0.00329. The standard InChI is InChI=1S/C90H62B2N4S2/c1-8-27-61(28-9-1)63-47-51-70(52-48-63)94(71-53-49-64(50-54-71)62-29-10-2-11-30-62)72-55-82-88-87(58-72)98-85-60-81-78(59-79(85)91(88)76-43-22-24-45-80(76)95(82)69-39-20-7-21-40-69)92-77-44-23-25-46-84(77)97-86-57-73(93(67-35-16-5-17-36-67)68-37-18-6-19-38-68)56-83(89(86)92)96(81)90-74(65-31-12-3-13-32-65)41-26-42-75(90)66-33-14-4-15-34-66/h1-60,79,85H. The summed E-state index contributed by atoms with van der Waals surface area (Å²) in [4.78, 5) is 14.0. The van der Waals surface area contributed by atoms with Crippen molar-refractivity contribution in [2.45, 2.75) is 25.8 Å². The molecular weight excluding hydrogens is 1220 g/mol. The lowest BCUT2D eigenvalue weighted by molar-refractivity contribution is 0.970. The van der Waals surface area contributed by atoms with E-state index in [1.54, 1.807) is 0 Å². The average molecular weight is 1290 g/mol. The first kappa shape index (κ1) is 58.0. The second kappa shape index (κ2) is 24.4. The van der Waals surface area contributed by atoms with E-state index in [9.17, 15) is 0 Å². The van der Waals surface area contributed by atoms with E-state index in [4.69, 9.17) is 0 Å². The molecule has 14 aromatic carbocycles. The van der Waals surface area contributed by atoms with Crippen molar-refractivity contribution in [3.05, 3.63) is 375 Å². The molecule has 0 aromatic heterocycles. The van der Waals surface area contributed by atoms with Crippen molar-refractivity contribution in [3.63, 3.8) is 0 Å². The minimum atomic E-state index is -0.0658. The summed E-state index contributed by atoms with van der Waals surface area (Å²) < 4.78 is 0. The third-order valence-electron chi connectivity index (χ3n) is 20.3. The number of allylic oxidation sites excluding steroid dienone is 2. The largest absolute Gasteiger partial charge is 0.311 e. The molecule has 0 saturated carbocycles. The quantitative estimate of drug-likeness (QED) is 0.112. The number of nitrogens with zero attached hydrogens (tertiary/aromatic N) is 4. The van der Waals surface area contributed by atoms with E-state index < -0.39 is 0 Å². The van der Waals surface area contributed by atoms with Crippen molar-refractivity contribution in [2.24, 2.45) is 0 Å². The highest BCUT2D eigenvalue weighted by Crippen LogP contribution is 2.57. The fourth-order valence-corrected chi connectivity index (χ4v) is 18.7. The number of hydrogen-bond acceptors (Lipinski definition) is 6. The molecule has 460 valence electrons. The monoisotopic (exact) mass is 1280 g/mol. The van der Waals surface area contributed by atoms with Gasteiger partial charge in [-0.2, -0.15) is 0 Å². The Kier molecular flexibility index (Phi) is 14.4. The summed E-state index contributed by atoms with van der Waals surface area (Å²) in [6, 6.07) is 130. The molecule has 98 heavy (non-hydrogen) atoms. The average Bonchev–Trinajstić information content (AvgIpc) is 0.693. The van der Waals surface area contributed by atoms with Gasteiger partial charge in [-0.05, 0) is 164 Å². The Morgan fingerprint density at radius 3 is 1.30 bits per heavy atom. The lowest BCUT2D eigenvalue weighted by atomic mass is 9.28. The van der Waals surface area contributed by atoms with Crippen LogP contribution in [0, 0.1) is 0 Å². The van der Waals surface area contributed by atoms with E-state index in [1.807, 2.05) is 23.5 Å². The molecule has 2 unspecified atom stereocenters. The summed E-state index contributed by atoms with van der Waals surface area (Å²) in [5.74, 6) is 0.0690. The molecule has 0 bridgehead atoms. The molecule has 0 fully saturated rings. The number of rotatable bonds is 12. The third kappa shape index (κ3) is 9.88. The van der Waals surface area contributed by atoms with E-state index >= 15 is 0 Å². The Bertz CT molecular complexity index is 5230. The van der Waals surface area contributed by atoms with Gasteiger partial charge in [0.25, 0.3) is 0 Å². The van der Waals surface area contributed by atoms with Gasteiger partial charge in [0, 0.05) is 93.6 Å². The van der Waals surface area contributed by atoms with Gasteiger partial charge in [0.15, 0.2) is 0 Å². The number of para-hydroxylation sites is 5. The van der Waals surface area contributed by atoms with Crippen LogP contribution in [-0.2, 0) is 0 Å². The van der Waals surface area contributed by atoms with Gasteiger partial charge in [-0.15, -0.1) is 11.8 Å². The van der Waals surface area contributed by atoms with Crippen LogP contribution in [0.25, 0.3) is 44.5 Å². The molecule has 2 atom stereocenters. The highest BCUT2D eigenvalue weighted by Gasteiger charge is 2.52. The Labute approximate surface area is 582 Å². The van der Waals surface area contributed by atoms with E-state index in [1.165, 1.54) is 109 Å². The van der Waals surface area contributed by atoms with Gasteiger partial charge in [-0.3, -0.25) is 0 Å². The van der Waals surface area contributed by atoms with Gasteiger partial charge in [0.1, 0.15) is 0 Å².